The number of aromatic amines is 2. The number of rotatable bonds is 16. The molecule has 2 atom stereocenters. The van der Waals surface area contributed by atoms with Crippen molar-refractivity contribution in [3.63, 3.8) is 0 Å². The van der Waals surface area contributed by atoms with E-state index in [4.69, 9.17) is 14.7 Å². The van der Waals surface area contributed by atoms with Crippen LogP contribution >= 0.6 is 0 Å². The largest absolute Gasteiger partial charge is 0.463 e. The molecule has 0 fully saturated rings. The van der Waals surface area contributed by atoms with Gasteiger partial charge >= 0.3 is 0 Å². The lowest BCUT2D eigenvalue weighted by Gasteiger charge is -2.29. The van der Waals surface area contributed by atoms with Crippen LogP contribution < -0.4 is 10.1 Å². The molecule has 0 radical (unpaired) electrons. The predicted molar refractivity (Wildman–Crippen MR) is 189 cm³/mol. The number of nitrogens with one attached hydrogen (secondary N) is 3. The van der Waals surface area contributed by atoms with Gasteiger partial charge in [-0.25, -0.2) is 13.8 Å². The number of halogens is 2. The molecule has 0 aliphatic rings. The van der Waals surface area contributed by atoms with E-state index < -0.39 is 23.2 Å². The van der Waals surface area contributed by atoms with Crippen LogP contribution in [-0.4, -0.2) is 41.1 Å². The molecular weight excluding hydrogens is 624 g/mol. The number of H-pyrrole nitrogens is 2. The normalized spacial score (nSPS) is 12.8. The molecule has 0 saturated heterocycles. The first-order valence-electron chi connectivity index (χ1n) is 16.8. The van der Waals surface area contributed by atoms with Crippen LogP contribution in [0.25, 0.3) is 22.3 Å². The van der Waals surface area contributed by atoms with Crippen LogP contribution in [0.1, 0.15) is 75.3 Å². The van der Waals surface area contributed by atoms with Gasteiger partial charge in [-0.2, -0.15) is 5.26 Å². The minimum absolute atomic E-state index is 0.0335. The fraction of sp³-hybridized carbons (Fsp3) is 0.359. The number of hydrogen-bond donors (Lipinski definition) is 3. The maximum absolute atomic E-state index is 15.6. The quantitative estimate of drug-likeness (QED) is 0.0713. The highest BCUT2D eigenvalue weighted by Crippen LogP contribution is 2.39. The monoisotopic (exact) mass is 669 g/mol. The molecule has 49 heavy (non-hydrogen) atoms. The summed E-state index contributed by atoms with van der Waals surface area (Å²) in [7, 11) is 1.73. The van der Waals surface area contributed by atoms with Crippen molar-refractivity contribution in [3.8, 4) is 29.0 Å². The highest BCUT2D eigenvalue weighted by molar-refractivity contribution is 5.86. The van der Waals surface area contributed by atoms with Gasteiger partial charge in [0.15, 0.2) is 11.6 Å². The minimum atomic E-state index is -0.612. The van der Waals surface area contributed by atoms with E-state index in [2.05, 4.69) is 45.4 Å². The van der Waals surface area contributed by atoms with Crippen molar-refractivity contribution in [1.29, 1.82) is 5.26 Å². The third-order valence-corrected chi connectivity index (χ3v) is 8.68. The third-order valence-electron chi connectivity index (χ3n) is 8.68. The Morgan fingerprint density at radius 2 is 1.90 bits per heavy atom. The van der Waals surface area contributed by atoms with Gasteiger partial charge in [0.1, 0.15) is 23.5 Å². The summed E-state index contributed by atoms with van der Waals surface area (Å²) in [5.74, 6) is -0.619. The highest BCUT2D eigenvalue weighted by atomic mass is 19.1. The summed E-state index contributed by atoms with van der Waals surface area (Å²) in [6, 6.07) is 17.9. The van der Waals surface area contributed by atoms with E-state index >= 15 is 8.78 Å². The van der Waals surface area contributed by atoms with Crippen molar-refractivity contribution in [2.24, 2.45) is 0 Å². The number of carbonyl (C=O) groups excluding carboxylic acids is 1. The second kappa shape index (κ2) is 17.4. The smallest absolute Gasteiger partial charge is 0.293 e. The van der Waals surface area contributed by atoms with E-state index in [0.717, 1.165) is 47.9 Å². The average molecular weight is 670 g/mol. The molecule has 2 aromatic heterocycles. The number of likely N-dealkylation sites (N-methyl/N-ethyl adjacent to an activating group) is 1. The Bertz CT molecular complexity index is 1880. The molecule has 0 bridgehead atoms. The fourth-order valence-corrected chi connectivity index (χ4v) is 6.13. The number of nitrogens with zero attached hydrogens (tertiary/aromatic N) is 2. The molecule has 258 valence electrons. The van der Waals surface area contributed by atoms with Crippen LogP contribution in [0.4, 0.5) is 8.78 Å². The first kappa shape index (κ1) is 36.8. The summed E-state index contributed by atoms with van der Waals surface area (Å²) in [6.07, 6.45) is 7.06. The zero-order valence-corrected chi connectivity index (χ0v) is 28.8. The Morgan fingerprint density at radius 3 is 2.63 bits per heavy atom. The van der Waals surface area contributed by atoms with Crippen molar-refractivity contribution in [2.75, 3.05) is 13.6 Å². The standard InChI is InChI=1S/C37H39F2N5O3.C2H6/c1-24-9-8-10-25(17-24)37(2,14-6-4-5-7-15-40)34-22-43-36(44-34)30-18-26(11-12-31(30)38)47-35-29(19-27(21-41-3)46-23-45)28-13-16-42-33(28)20-32(35)39;1-2/h8-13,16-18,20,22-23,27,41-42H,4-7,14,19,21H2,1-3H3,(H,43,44);1-2H3. The number of unbranched alkanes of at least 4 members (excludes halogenated alkanes) is 3. The summed E-state index contributed by atoms with van der Waals surface area (Å²) in [4.78, 5) is 22.2. The average Bonchev–Trinajstić information content (AvgIpc) is 3.79. The summed E-state index contributed by atoms with van der Waals surface area (Å²) in [5, 5.41) is 12.6. The third kappa shape index (κ3) is 8.72. The number of nitriles is 1. The highest BCUT2D eigenvalue weighted by Gasteiger charge is 2.31. The lowest BCUT2D eigenvalue weighted by atomic mass is 9.75. The Balaban J connectivity index is 0.00000265. The van der Waals surface area contributed by atoms with Gasteiger partial charge < -0.3 is 24.8 Å². The topological polar surface area (TPSA) is 116 Å². The number of imidazole rings is 1. The van der Waals surface area contributed by atoms with E-state index in [1.54, 1.807) is 19.4 Å². The van der Waals surface area contributed by atoms with Gasteiger partial charge in [0.2, 0.25) is 0 Å². The molecule has 5 rings (SSSR count). The molecular formula is C39H45F2N5O3. The molecule has 2 unspecified atom stereocenters. The summed E-state index contributed by atoms with van der Waals surface area (Å²) >= 11 is 0. The van der Waals surface area contributed by atoms with E-state index in [9.17, 15) is 4.79 Å². The number of carbonyl (C=O) groups is 1. The van der Waals surface area contributed by atoms with Gasteiger partial charge in [0.25, 0.3) is 6.47 Å². The first-order valence-corrected chi connectivity index (χ1v) is 16.8. The predicted octanol–water partition coefficient (Wildman–Crippen LogP) is 9.05. The van der Waals surface area contributed by atoms with Crippen molar-refractivity contribution in [3.05, 3.63) is 101 Å². The van der Waals surface area contributed by atoms with Crippen LogP contribution in [0.15, 0.2) is 67.0 Å². The number of fused-ring (bicyclic) bond motifs is 1. The maximum atomic E-state index is 15.6. The Hall–Kier alpha value is -5.01. The van der Waals surface area contributed by atoms with Crippen molar-refractivity contribution in [1.82, 2.24) is 20.3 Å². The van der Waals surface area contributed by atoms with Crippen LogP contribution in [0.5, 0.6) is 11.5 Å². The molecule has 3 aromatic carbocycles. The van der Waals surface area contributed by atoms with Crippen molar-refractivity contribution in [2.45, 2.75) is 77.7 Å². The zero-order chi connectivity index (χ0) is 35.4. The molecule has 0 aliphatic carbocycles. The second-order valence-corrected chi connectivity index (χ2v) is 12.0. The molecule has 8 nitrogen and oxygen atoms in total. The molecule has 10 heteroatoms. The molecule has 2 heterocycles. The van der Waals surface area contributed by atoms with Crippen molar-refractivity contribution >= 4 is 17.4 Å². The molecule has 0 saturated carbocycles. The first-order chi connectivity index (χ1) is 23.8. The molecule has 5 aromatic rings. The SMILES string of the molecule is CC.CNCC(Cc1c(Oc2ccc(F)c(-c3ncc(C(C)(CCCCCC#N)c4cccc(C)c4)[nH]3)c2)c(F)cc2[nH]ccc12)OC=O. The van der Waals surface area contributed by atoms with E-state index in [0.29, 0.717) is 36.3 Å². The van der Waals surface area contributed by atoms with Gasteiger partial charge in [-0.3, -0.25) is 4.79 Å². The number of hydrogen-bond acceptors (Lipinski definition) is 6. The number of aromatic nitrogens is 3. The number of benzene rings is 3. The molecule has 0 amide bonds. The van der Waals surface area contributed by atoms with Gasteiger partial charge in [-0.15, -0.1) is 0 Å². The minimum Gasteiger partial charge on any atom is -0.463 e. The van der Waals surface area contributed by atoms with Crippen molar-refractivity contribution < 1.29 is 23.0 Å². The van der Waals surface area contributed by atoms with E-state index in [1.165, 1.54) is 24.3 Å². The summed E-state index contributed by atoms with van der Waals surface area (Å²) < 4.78 is 42.4. The zero-order valence-electron chi connectivity index (χ0n) is 28.8. The van der Waals surface area contributed by atoms with E-state index in [1.807, 2.05) is 39.0 Å². The van der Waals surface area contributed by atoms with Gasteiger partial charge in [0, 0.05) is 65.4 Å². The van der Waals surface area contributed by atoms with Gasteiger partial charge in [-0.05, 0) is 63.6 Å². The Kier molecular flexibility index (Phi) is 13.1. The van der Waals surface area contributed by atoms with Gasteiger partial charge in [-0.1, -0.05) is 56.5 Å². The molecule has 0 aliphatic heterocycles. The number of ether oxygens (including phenoxy) is 2. The fourth-order valence-electron chi connectivity index (χ4n) is 6.13. The van der Waals surface area contributed by atoms with Gasteiger partial charge in [0.05, 0.1) is 11.6 Å². The second-order valence-electron chi connectivity index (χ2n) is 12.0. The Morgan fingerprint density at radius 1 is 1.08 bits per heavy atom. The lowest BCUT2D eigenvalue weighted by molar-refractivity contribution is -0.133. The van der Waals surface area contributed by atoms with Crippen LogP contribution in [0, 0.1) is 29.9 Å². The summed E-state index contributed by atoms with van der Waals surface area (Å²) in [5.41, 5.74) is 3.91. The summed E-state index contributed by atoms with van der Waals surface area (Å²) in [6.45, 7) is 8.92. The number of aryl methyl sites for hydroxylation is 1. The Labute approximate surface area is 286 Å². The van der Waals surface area contributed by atoms with Crippen LogP contribution in [0.3, 0.4) is 0 Å². The molecule has 3 N–H and O–H groups in total. The molecule has 0 spiro atoms. The maximum Gasteiger partial charge on any atom is 0.293 e. The van der Waals surface area contributed by atoms with Crippen LogP contribution in [-0.2, 0) is 21.4 Å². The van der Waals surface area contributed by atoms with Crippen LogP contribution in [0.2, 0.25) is 0 Å². The lowest BCUT2D eigenvalue weighted by Crippen LogP contribution is -2.28. The van der Waals surface area contributed by atoms with E-state index in [-0.39, 0.29) is 23.5 Å².